The zero-order valence-electron chi connectivity index (χ0n) is 11.4. The molecule has 0 aromatic heterocycles. The minimum absolute atomic E-state index is 0.0480. The lowest BCUT2D eigenvalue weighted by Crippen LogP contribution is -1.99. The zero-order chi connectivity index (χ0) is 14.7. The topological polar surface area (TPSA) is 78.4 Å². The van der Waals surface area contributed by atoms with Crippen LogP contribution in [0, 0.1) is 24.0 Å². The summed E-state index contributed by atoms with van der Waals surface area (Å²) >= 11 is 0. The summed E-state index contributed by atoms with van der Waals surface area (Å²) in [5, 5.41) is 11.0. The van der Waals surface area contributed by atoms with Crippen molar-refractivity contribution in [2.75, 3.05) is 0 Å². The first kappa shape index (κ1) is 14.0. The molecule has 0 heterocycles. The van der Waals surface area contributed by atoms with Crippen molar-refractivity contribution in [3.63, 3.8) is 0 Å². The van der Waals surface area contributed by atoms with Gasteiger partial charge in [0.15, 0.2) is 0 Å². The number of aryl methyl sites for hydroxylation is 2. The normalized spacial score (nSPS) is 10.3. The van der Waals surface area contributed by atoms with Crippen LogP contribution < -0.4 is 10.5 Å². The highest BCUT2D eigenvalue weighted by molar-refractivity contribution is 5.51. The van der Waals surface area contributed by atoms with E-state index in [0.29, 0.717) is 12.3 Å². The molecule has 0 atom stereocenters. The summed E-state index contributed by atoms with van der Waals surface area (Å²) in [6.45, 7) is 4.14. The molecule has 2 N–H and O–H groups in total. The average Bonchev–Trinajstić information content (AvgIpc) is 2.41. The van der Waals surface area contributed by atoms with Crippen LogP contribution in [0.3, 0.4) is 0 Å². The Balaban J connectivity index is 2.43. The number of ether oxygens (including phenoxy) is 1. The SMILES string of the molecule is Cc1ccc([N+](=O)[O-])c(Oc2cc(CN)ccc2C)c1. The summed E-state index contributed by atoms with van der Waals surface area (Å²) in [5.74, 6) is 0.828. The molecule has 0 bridgehead atoms. The van der Waals surface area contributed by atoms with E-state index in [-0.39, 0.29) is 11.4 Å². The number of hydrogen-bond acceptors (Lipinski definition) is 4. The van der Waals surface area contributed by atoms with Crippen LogP contribution in [0.5, 0.6) is 11.5 Å². The number of benzene rings is 2. The van der Waals surface area contributed by atoms with Crippen molar-refractivity contribution in [2.45, 2.75) is 20.4 Å². The number of nitrogens with zero attached hydrogens (tertiary/aromatic N) is 1. The van der Waals surface area contributed by atoms with E-state index in [4.69, 9.17) is 10.5 Å². The molecule has 104 valence electrons. The first-order valence-corrected chi connectivity index (χ1v) is 6.23. The molecule has 0 unspecified atom stereocenters. The Bertz CT molecular complexity index is 654. The molecule has 0 aliphatic heterocycles. The van der Waals surface area contributed by atoms with E-state index >= 15 is 0 Å². The summed E-state index contributed by atoms with van der Waals surface area (Å²) in [4.78, 5) is 10.6. The number of nitro groups is 1. The van der Waals surface area contributed by atoms with Crippen LogP contribution in [-0.2, 0) is 6.54 Å². The van der Waals surface area contributed by atoms with Gasteiger partial charge in [0, 0.05) is 12.6 Å². The van der Waals surface area contributed by atoms with E-state index < -0.39 is 4.92 Å². The third kappa shape index (κ3) is 2.95. The van der Waals surface area contributed by atoms with Crippen molar-refractivity contribution < 1.29 is 9.66 Å². The number of hydrogen-bond donors (Lipinski definition) is 1. The Morgan fingerprint density at radius 2 is 1.90 bits per heavy atom. The zero-order valence-corrected chi connectivity index (χ0v) is 11.4. The van der Waals surface area contributed by atoms with Crippen LogP contribution in [0.4, 0.5) is 5.69 Å². The van der Waals surface area contributed by atoms with Gasteiger partial charge >= 0.3 is 5.69 Å². The minimum Gasteiger partial charge on any atom is -0.450 e. The molecule has 0 amide bonds. The standard InChI is InChI=1S/C15H16N2O3/c1-10-3-6-13(17(18)19)15(7-10)20-14-8-12(9-16)5-4-11(14)2/h3-8H,9,16H2,1-2H3. The van der Waals surface area contributed by atoms with Gasteiger partial charge in [-0.25, -0.2) is 0 Å². The van der Waals surface area contributed by atoms with Crippen molar-refractivity contribution in [2.24, 2.45) is 5.73 Å². The van der Waals surface area contributed by atoms with E-state index in [1.54, 1.807) is 18.2 Å². The van der Waals surface area contributed by atoms with Gasteiger partial charge in [-0.3, -0.25) is 10.1 Å². The average molecular weight is 272 g/mol. The fourth-order valence-corrected chi connectivity index (χ4v) is 1.85. The van der Waals surface area contributed by atoms with Gasteiger partial charge < -0.3 is 10.5 Å². The molecule has 20 heavy (non-hydrogen) atoms. The Morgan fingerprint density at radius 3 is 2.55 bits per heavy atom. The number of nitrogens with two attached hydrogens (primary N) is 1. The van der Waals surface area contributed by atoms with E-state index in [0.717, 1.165) is 16.7 Å². The maximum absolute atomic E-state index is 11.0. The molecule has 0 spiro atoms. The lowest BCUT2D eigenvalue weighted by Gasteiger charge is -2.11. The van der Waals surface area contributed by atoms with Gasteiger partial charge in [-0.05, 0) is 42.7 Å². The summed E-state index contributed by atoms with van der Waals surface area (Å²) in [5.41, 5.74) is 8.27. The molecule has 0 fully saturated rings. The molecule has 2 rings (SSSR count). The van der Waals surface area contributed by atoms with E-state index in [1.807, 2.05) is 26.0 Å². The fourth-order valence-electron chi connectivity index (χ4n) is 1.85. The highest BCUT2D eigenvalue weighted by Gasteiger charge is 2.16. The molecule has 2 aromatic carbocycles. The number of rotatable bonds is 4. The smallest absolute Gasteiger partial charge is 0.311 e. The van der Waals surface area contributed by atoms with Gasteiger partial charge in [-0.2, -0.15) is 0 Å². The van der Waals surface area contributed by atoms with Gasteiger partial charge in [-0.1, -0.05) is 18.2 Å². The van der Waals surface area contributed by atoms with Crippen LogP contribution in [0.25, 0.3) is 0 Å². The number of nitro benzene ring substituents is 1. The van der Waals surface area contributed by atoms with Crippen molar-refractivity contribution in [1.29, 1.82) is 0 Å². The molecular weight excluding hydrogens is 256 g/mol. The van der Waals surface area contributed by atoms with E-state index in [1.165, 1.54) is 6.07 Å². The van der Waals surface area contributed by atoms with Gasteiger partial charge in [0.25, 0.3) is 0 Å². The van der Waals surface area contributed by atoms with Crippen molar-refractivity contribution >= 4 is 5.69 Å². The Hall–Kier alpha value is -2.40. The molecule has 0 saturated carbocycles. The second kappa shape index (κ2) is 5.71. The first-order chi connectivity index (χ1) is 9.51. The Labute approximate surface area is 117 Å². The maximum Gasteiger partial charge on any atom is 0.311 e. The van der Waals surface area contributed by atoms with Crippen LogP contribution in [0.2, 0.25) is 0 Å². The second-order valence-corrected chi connectivity index (χ2v) is 4.63. The maximum atomic E-state index is 11.0. The molecular formula is C15H16N2O3. The lowest BCUT2D eigenvalue weighted by molar-refractivity contribution is -0.385. The highest BCUT2D eigenvalue weighted by atomic mass is 16.6. The predicted octanol–water partition coefficient (Wildman–Crippen LogP) is 3.46. The minimum atomic E-state index is -0.448. The van der Waals surface area contributed by atoms with Crippen molar-refractivity contribution in [3.05, 3.63) is 63.2 Å². The molecule has 2 aromatic rings. The molecule has 0 aliphatic carbocycles. The van der Waals surface area contributed by atoms with Crippen LogP contribution in [0.1, 0.15) is 16.7 Å². The summed E-state index contributed by atoms with van der Waals surface area (Å²) < 4.78 is 5.73. The molecule has 0 aliphatic rings. The van der Waals surface area contributed by atoms with Crippen LogP contribution in [-0.4, -0.2) is 4.92 Å². The predicted molar refractivity (Wildman–Crippen MR) is 77.0 cm³/mol. The molecule has 5 heteroatoms. The van der Waals surface area contributed by atoms with Gasteiger partial charge in [-0.15, -0.1) is 0 Å². The van der Waals surface area contributed by atoms with Gasteiger partial charge in [0.05, 0.1) is 4.92 Å². The van der Waals surface area contributed by atoms with Gasteiger partial charge in [0.2, 0.25) is 5.75 Å². The first-order valence-electron chi connectivity index (χ1n) is 6.23. The van der Waals surface area contributed by atoms with Crippen LogP contribution in [0.15, 0.2) is 36.4 Å². The molecule has 0 saturated heterocycles. The third-order valence-corrected chi connectivity index (χ3v) is 3.02. The van der Waals surface area contributed by atoms with E-state index in [9.17, 15) is 10.1 Å². The van der Waals surface area contributed by atoms with E-state index in [2.05, 4.69) is 0 Å². The van der Waals surface area contributed by atoms with Crippen molar-refractivity contribution in [1.82, 2.24) is 0 Å². The monoisotopic (exact) mass is 272 g/mol. The van der Waals surface area contributed by atoms with Crippen molar-refractivity contribution in [3.8, 4) is 11.5 Å². The molecule has 0 radical (unpaired) electrons. The largest absolute Gasteiger partial charge is 0.450 e. The lowest BCUT2D eigenvalue weighted by atomic mass is 10.1. The summed E-state index contributed by atoms with van der Waals surface area (Å²) in [6, 6.07) is 10.4. The summed E-state index contributed by atoms with van der Waals surface area (Å²) in [7, 11) is 0. The molecule has 5 nitrogen and oxygen atoms in total. The van der Waals surface area contributed by atoms with Gasteiger partial charge in [0.1, 0.15) is 5.75 Å². The Kier molecular flexibility index (Phi) is 4.00. The third-order valence-electron chi connectivity index (χ3n) is 3.02. The summed E-state index contributed by atoms with van der Waals surface area (Å²) in [6.07, 6.45) is 0. The fraction of sp³-hybridized carbons (Fsp3) is 0.200. The Morgan fingerprint density at radius 1 is 1.15 bits per heavy atom. The highest BCUT2D eigenvalue weighted by Crippen LogP contribution is 2.33. The van der Waals surface area contributed by atoms with Crippen LogP contribution >= 0.6 is 0 Å². The second-order valence-electron chi connectivity index (χ2n) is 4.63. The quantitative estimate of drug-likeness (QED) is 0.682.